The Hall–Kier alpha value is -3.41. The van der Waals surface area contributed by atoms with Crippen LogP contribution in [0.4, 0.5) is 5.69 Å². The third kappa shape index (κ3) is 3.97. The molecular weight excluding hydrogens is 330 g/mol. The fraction of sp³-hybridized carbons (Fsp3) is 0.150. The highest BCUT2D eigenvalue weighted by Gasteiger charge is 2.14. The van der Waals surface area contributed by atoms with E-state index in [2.05, 4.69) is 15.6 Å². The van der Waals surface area contributed by atoms with Crippen molar-refractivity contribution >= 4 is 17.5 Å². The molecule has 3 aromatic rings. The quantitative estimate of drug-likeness (QED) is 0.739. The highest BCUT2D eigenvalue weighted by atomic mass is 16.3. The maximum atomic E-state index is 12.5. The van der Waals surface area contributed by atoms with Gasteiger partial charge in [-0.3, -0.25) is 9.59 Å². The third-order valence-electron chi connectivity index (χ3n) is 4.07. The molecule has 6 heteroatoms. The number of carbonyl (C=O) groups excluding carboxylic acids is 2. The molecule has 0 aliphatic carbocycles. The maximum absolute atomic E-state index is 12.5. The van der Waals surface area contributed by atoms with Gasteiger partial charge >= 0.3 is 0 Å². The van der Waals surface area contributed by atoms with Crippen molar-refractivity contribution in [3.63, 3.8) is 0 Å². The first-order valence-corrected chi connectivity index (χ1v) is 8.20. The van der Waals surface area contributed by atoms with Crippen molar-refractivity contribution < 1.29 is 14.0 Å². The second kappa shape index (κ2) is 7.65. The van der Waals surface area contributed by atoms with Gasteiger partial charge in [-0.05, 0) is 55.3 Å². The summed E-state index contributed by atoms with van der Waals surface area (Å²) in [4.78, 5) is 28.9. The van der Waals surface area contributed by atoms with E-state index in [0.29, 0.717) is 5.76 Å². The molecule has 6 nitrogen and oxygen atoms in total. The van der Waals surface area contributed by atoms with Crippen molar-refractivity contribution in [2.24, 2.45) is 0 Å². The Morgan fingerprint density at radius 3 is 2.42 bits per heavy atom. The molecule has 0 spiro atoms. The van der Waals surface area contributed by atoms with Crippen molar-refractivity contribution in [1.82, 2.24) is 10.3 Å². The number of nitrogens with one attached hydrogen (secondary N) is 2. The normalized spacial score (nSPS) is 10.4. The van der Waals surface area contributed by atoms with E-state index in [9.17, 15) is 9.59 Å². The number of amides is 2. The van der Waals surface area contributed by atoms with E-state index in [0.717, 1.165) is 16.8 Å². The fourth-order valence-corrected chi connectivity index (χ4v) is 2.43. The van der Waals surface area contributed by atoms with Crippen LogP contribution in [-0.2, 0) is 6.54 Å². The van der Waals surface area contributed by atoms with Gasteiger partial charge in [0.15, 0.2) is 0 Å². The van der Waals surface area contributed by atoms with Crippen molar-refractivity contribution in [2.45, 2.75) is 20.4 Å². The number of furan rings is 1. The number of aryl methyl sites for hydroxylation is 1. The SMILES string of the molecule is Cc1cccc(NC(=O)c2cccc(C(=O)NCc3ccco3)n2)c1C. The van der Waals surface area contributed by atoms with Crippen LogP contribution in [0.15, 0.2) is 59.2 Å². The number of hydrogen-bond donors (Lipinski definition) is 2. The van der Waals surface area contributed by atoms with Crippen molar-refractivity contribution in [2.75, 3.05) is 5.32 Å². The van der Waals surface area contributed by atoms with Crippen LogP contribution < -0.4 is 10.6 Å². The average molecular weight is 349 g/mol. The molecule has 0 fully saturated rings. The Balaban J connectivity index is 1.70. The first kappa shape index (κ1) is 17.4. The van der Waals surface area contributed by atoms with Crippen molar-refractivity contribution in [3.05, 3.63) is 83.1 Å². The van der Waals surface area contributed by atoms with E-state index in [1.165, 1.54) is 6.26 Å². The molecule has 0 unspecified atom stereocenters. The molecular formula is C20H19N3O3. The Labute approximate surface area is 151 Å². The summed E-state index contributed by atoms with van der Waals surface area (Å²) < 4.78 is 5.17. The van der Waals surface area contributed by atoms with Gasteiger partial charge in [0, 0.05) is 5.69 Å². The molecule has 0 saturated carbocycles. The zero-order valence-electron chi connectivity index (χ0n) is 14.6. The van der Waals surface area contributed by atoms with E-state index in [-0.39, 0.29) is 29.7 Å². The van der Waals surface area contributed by atoms with Gasteiger partial charge in [0.05, 0.1) is 12.8 Å². The molecule has 0 radical (unpaired) electrons. The van der Waals surface area contributed by atoms with Crippen LogP contribution in [0.5, 0.6) is 0 Å². The lowest BCUT2D eigenvalue weighted by molar-refractivity contribution is 0.0943. The molecule has 1 aromatic carbocycles. The first-order chi connectivity index (χ1) is 12.5. The molecule has 26 heavy (non-hydrogen) atoms. The van der Waals surface area contributed by atoms with Crippen LogP contribution in [0.2, 0.25) is 0 Å². The lowest BCUT2D eigenvalue weighted by Gasteiger charge is -2.10. The molecule has 0 aliphatic rings. The second-order valence-corrected chi connectivity index (χ2v) is 5.87. The number of anilines is 1. The highest BCUT2D eigenvalue weighted by molar-refractivity contribution is 6.04. The molecule has 3 rings (SSSR count). The van der Waals surface area contributed by atoms with Crippen molar-refractivity contribution in [1.29, 1.82) is 0 Å². The summed E-state index contributed by atoms with van der Waals surface area (Å²) in [6.45, 7) is 4.18. The van der Waals surface area contributed by atoms with Gasteiger partial charge in [-0.2, -0.15) is 0 Å². The number of hydrogen-bond acceptors (Lipinski definition) is 4. The van der Waals surface area contributed by atoms with Crippen LogP contribution in [-0.4, -0.2) is 16.8 Å². The van der Waals surface area contributed by atoms with Gasteiger partial charge in [-0.1, -0.05) is 18.2 Å². The minimum Gasteiger partial charge on any atom is -0.467 e. The molecule has 0 atom stereocenters. The van der Waals surface area contributed by atoms with Crippen LogP contribution in [0.25, 0.3) is 0 Å². The topological polar surface area (TPSA) is 84.2 Å². The van der Waals surface area contributed by atoms with E-state index < -0.39 is 0 Å². The number of carbonyl (C=O) groups is 2. The molecule has 132 valence electrons. The standard InChI is InChI=1S/C20H19N3O3/c1-13-6-3-8-16(14(13)2)23-20(25)18-10-4-9-17(22-18)19(24)21-12-15-7-5-11-26-15/h3-11H,12H2,1-2H3,(H,21,24)(H,23,25). The number of rotatable bonds is 5. The van der Waals surface area contributed by atoms with Crippen molar-refractivity contribution in [3.8, 4) is 0 Å². The summed E-state index contributed by atoms with van der Waals surface area (Å²) in [5, 5.41) is 5.55. The molecule has 2 aromatic heterocycles. The van der Waals surface area contributed by atoms with Gasteiger partial charge < -0.3 is 15.1 Å². The smallest absolute Gasteiger partial charge is 0.274 e. The highest BCUT2D eigenvalue weighted by Crippen LogP contribution is 2.18. The zero-order chi connectivity index (χ0) is 18.5. The summed E-state index contributed by atoms with van der Waals surface area (Å²) in [6.07, 6.45) is 1.54. The predicted octanol–water partition coefficient (Wildman–Crippen LogP) is 3.47. The lowest BCUT2D eigenvalue weighted by Crippen LogP contribution is -2.25. The third-order valence-corrected chi connectivity index (χ3v) is 4.07. The maximum Gasteiger partial charge on any atom is 0.274 e. The number of nitrogens with zero attached hydrogens (tertiary/aromatic N) is 1. The summed E-state index contributed by atoms with van der Waals surface area (Å²) >= 11 is 0. The molecule has 0 saturated heterocycles. The Morgan fingerprint density at radius 1 is 0.962 bits per heavy atom. The lowest BCUT2D eigenvalue weighted by atomic mass is 10.1. The predicted molar refractivity (Wildman–Crippen MR) is 98.0 cm³/mol. The first-order valence-electron chi connectivity index (χ1n) is 8.20. The van der Waals surface area contributed by atoms with E-state index in [1.807, 2.05) is 32.0 Å². The van der Waals surface area contributed by atoms with Gasteiger partial charge in [0.1, 0.15) is 17.1 Å². The molecule has 0 aliphatic heterocycles. The summed E-state index contributed by atoms with van der Waals surface area (Å²) in [6, 6.07) is 14.0. The molecule has 0 bridgehead atoms. The van der Waals surface area contributed by atoms with Crippen LogP contribution in [0.1, 0.15) is 37.9 Å². The Morgan fingerprint density at radius 2 is 1.69 bits per heavy atom. The van der Waals surface area contributed by atoms with Crippen LogP contribution >= 0.6 is 0 Å². The second-order valence-electron chi connectivity index (χ2n) is 5.87. The number of aromatic nitrogens is 1. The van der Waals surface area contributed by atoms with E-state index >= 15 is 0 Å². The molecule has 2 heterocycles. The summed E-state index contributed by atoms with van der Waals surface area (Å²) in [5.74, 6) is -0.0932. The zero-order valence-corrected chi connectivity index (χ0v) is 14.6. The van der Waals surface area contributed by atoms with Gasteiger partial charge in [-0.15, -0.1) is 0 Å². The molecule has 2 amide bonds. The average Bonchev–Trinajstić information content (AvgIpc) is 3.17. The number of benzene rings is 1. The summed E-state index contributed by atoms with van der Waals surface area (Å²) in [5.41, 5.74) is 3.15. The van der Waals surface area contributed by atoms with Crippen LogP contribution in [0, 0.1) is 13.8 Å². The van der Waals surface area contributed by atoms with Crippen LogP contribution in [0.3, 0.4) is 0 Å². The van der Waals surface area contributed by atoms with Gasteiger partial charge in [0.25, 0.3) is 11.8 Å². The Bertz CT molecular complexity index is 933. The minimum absolute atomic E-state index is 0.171. The summed E-state index contributed by atoms with van der Waals surface area (Å²) in [7, 11) is 0. The largest absolute Gasteiger partial charge is 0.467 e. The molecule has 2 N–H and O–H groups in total. The Kier molecular flexibility index (Phi) is 5.12. The van der Waals surface area contributed by atoms with E-state index in [4.69, 9.17) is 4.42 Å². The van der Waals surface area contributed by atoms with Gasteiger partial charge in [0.2, 0.25) is 0 Å². The van der Waals surface area contributed by atoms with E-state index in [1.54, 1.807) is 30.3 Å². The fourth-order valence-electron chi connectivity index (χ4n) is 2.43. The van der Waals surface area contributed by atoms with Gasteiger partial charge in [-0.25, -0.2) is 4.98 Å². The minimum atomic E-state index is -0.372. The number of pyridine rings is 1. The monoisotopic (exact) mass is 349 g/mol.